The molecule has 1 N–H and O–H groups in total. The van der Waals surface area contributed by atoms with Crippen molar-refractivity contribution in [2.75, 3.05) is 5.32 Å². The zero-order valence-electron chi connectivity index (χ0n) is 12.5. The van der Waals surface area contributed by atoms with Gasteiger partial charge in [0.1, 0.15) is 0 Å². The van der Waals surface area contributed by atoms with E-state index in [2.05, 4.69) is 31.4 Å². The van der Waals surface area contributed by atoms with Crippen LogP contribution in [0.2, 0.25) is 5.02 Å². The second-order valence-electron chi connectivity index (χ2n) is 5.08. The third kappa shape index (κ3) is 4.43. The van der Waals surface area contributed by atoms with Crippen LogP contribution in [0.4, 0.5) is 5.69 Å². The van der Waals surface area contributed by atoms with Crippen LogP contribution < -0.4 is 5.32 Å². The van der Waals surface area contributed by atoms with Crippen molar-refractivity contribution in [3.05, 3.63) is 63.9 Å². The van der Waals surface area contributed by atoms with Gasteiger partial charge in [0.25, 0.3) is 0 Å². The van der Waals surface area contributed by atoms with Gasteiger partial charge < -0.3 is 9.84 Å². The molecule has 0 bridgehead atoms. The predicted octanol–water partition coefficient (Wildman–Crippen LogP) is 4.72. The number of aryl methyl sites for hydroxylation is 1. The fourth-order valence-electron chi connectivity index (χ4n) is 2.08. The lowest BCUT2D eigenvalue weighted by Gasteiger charge is -2.04. The molecule has 3 rings (SSSR count). The molecule has 1 amide bonds. The molecule has 0 fully saturated rings. The van der Waals surface area contributed by atoms with Crippen LogP contribution in [0.25, 0.3) is 11.4 Å². The van der Waals surface area contributed by atoms with Crippen LogP contribution in [0.15, 0.2) is 57.5 Å². The molecular weight excluding hydrogens is 394 g/mol. The number of hydrogen-bond acceptors (Lipinski definition) is 4. The molecule has 0 radical (unpaired) electrons. The summed E-state index contributed by atoms with van der Waals surface area (Å²) >= 11 is 9.26. The van der Waals surface area contributed by atoms with Crippen molar-refractivity contribution in [1.82, 2.24) is 10.1 Å². The van der Waals surface area contributed by atoms with E-state index in [1.165, 1.54) is 0 Å². The topological polar surface area (TPSA) is 68.0 Å². The van der Waals surface area contributed by atoms with E-state index in [9.17, 15) is 4.79 Å². The number of carbonyl (C=O) groups is 1. The lowest BCUT2D eigenvalue weighted by Crippen LogP contribution is -2.12. The molecule has 0 unspecified atom stereocenters. The van der Waals surface area contributed by atoms with E-state index in [4.69, 9.17) is 16.1 Å². The van der Waals surface area contributed by atoms with Crippen LogP contribution in [-0.4, -0.2) is 16.0 Å². The van der Waals surface area contributed by atoms with E-state index < -0.39 is 0 Å². The minimum absolute atomic E-state index is 0.138. The van der Waals surface area contributed by atoms with Crippen molar-refractivity contribution >= 4 is 39.1 Å². The number of nitrogens with one attached hydrogen (secondary N) is 1. The highest BCUT2D eigenvalue weighted by Gasteiger charge is 2.11. The summed E-state index contributed by atoms with van der Waals surface area (Å²) in [5.41, 5.74) is 1.52. The lowest BCUT2D eigenvalue weighted by molar-refractivity contribution is -0.116. The molecule has 0 aliphatic heterocycles. The van der Waals surface area contributed by atoms with Crippen molar-refractivity contribution < 1.29 is 9.32 Å². The standard InChI is InChI=1S/C17H13BrClN3O2/c18-12-6-4-11(5-7-12)17-21-16(24-22-17)9-8-15(23)20-14-3-1-2-13(19)10-14/h1-7,10H,8-9H2,(H,20,23). The van der Waals surface area contributed by atoms with Crippen molar-refractivity contribution in [3.63, 3.8) is 0 Å². The quantitative estimate of drug-likeness (QED) is 0.665. The minimum atomic E-state index is -0.138. The highest BCUT2D eigenvalue weighted by molar-refractivity contribution is 9.10. The average molecular weight is 407 g/mol. The highest BCUT2D eigenvalue weighted by atomic mass is 79.9. The fourth-order valence-corrected chi connectivity index (χ4v) is 2.54. The van der Waals surface area contributed by atoms with Gasteiger partial charge in [-0.25, -0.2) is 0 Å². The number of halogens is 2. The van der Waals surface area contributed by atoms with Crippen LogP contribution in [-0.2, 0) is 11.2 Å². The zero-order chi connectivity index (χ0) is 16.9. The SMILES string of the molecule is O=C(CCc1nc(-c2ccc(Br)cc2)no1)Nc1cccc(Cl)c1. The van der Waals surface area contributed by atoms with Crippen molar-refractivity contribution in [1.29, 1.82) is 0 Å². The van der Waals surface area contributed by atoms with E-state index in [-0.39, 0.29) is 12.3 Å². The zero-order valence-corrected chi connectivity index (χ0v) is 14.8. The summed E-state index contributed by atoms with van der Waals surface area (Å²) in [6, 6.07) is 14.6. The van der Waals surface area contributed by atoms with Crippen LogP contribution in [0.5, 0.6) is 0 Å². The first-order chi connectivity index (χ1) is 11.6. The third-order valence-electron chi connectivity index (χ3n) is 3.24. The Morgan fingerprint density at radius 2 is 2.00 bits per heavy atom. The Morgan fingerprint density at radius 3 is 2.75 bits per heavy atom. The second kappa shape index (κ2) is 7.59. The molecule has 0 spiro atoms. The number of hydrogen-bond donors (Lipinski definition) is 1. The molecule has 1 aromatic heterocycles. The summed E-state index contributed by atoms with van der Waals surface area (Å²) in [6.45, 7) is 0. The fraction of sp³-hybridized carbons (Fsp3) is 0.118. The summed E-state index contributed by atoms with van der Waals surface area (Å²) in [4.78, 5) is 16.3. The summed E-state index contributed by atoms with van der Waals surface area (Å²) in [5.74, 6) is 0.794. The van der Waals surface area contributed by atoms with Crippen LogP contribution in [0.1, 0.15) is 12.3 Å². The Labute approximate surface area is 152 Å². The van der Waals surface area contributed by atoms with Gasteiger partial charge in [-0.2, -0.15) is 4.98 Å². The highest BCUT2D eigenvalue weighted by Crippen LogP contribution is 2.19. The Balaban J connectivity index is 1.57. The molecule has 0 atom stereocenters. The van der Waals surface area contributed by atoms with E-state index in [1.807, 2.05) is 24.3 Å². The molecule has 7 heteroatoms. The molecule has 0 aliphatic carbocycles. The molecule has 5 nitrogen and oxygen atoms in total. The van der Waals surface area contributed by atoms with Gasteiger partial charge in [-0.3, -0.25) is 4.79 Å². The molecule has 1 heterocycles. The van der Waals surface area contributed by atoms with Gasteiger partial charge in [-0.15, -0.1) is 0 Å². The van der Waals surface area contributed by atoms with Crippen LogP contribution in [0, 0.1) is 0 Å². The number of nitrogens with zero attached hydrogens (tertiary/aromatic N) is 2. The summed E-state index contributed by atoms with van der Waals surface area (Å²) in [6.07, 6.45) is 0.615. The number of carbonyl (C=O) groups excluding carboxylic acids is 1. The van der Waals surface area contributed by atoms with Gasteiger partial charge in [0, 0.05) is 33.6 Å². The van der Waals surface area contributed by atoms with Gasteiger partial charge >= 0.3 is 0 Å². The molecule has 3 aromatic rings. The smallest absolute Gasteiger partial charge is 0.227 e. The molecule has 24 heavy (non-hydrogen) atoms. The molecule has 2 aromatic carbocycles. The largest absolute Gasteiger partial charge is 0.339 e. The molecule has 0 aliphatic rings. The molecular formula is C17H13BrClN3O2. The van der Waals surface area contributed by atoms with Crippen molar-refractivity contribution in [2.24, 2.45) is 0 Å². The first kappa shape index (κ1) is 16.7. The van der Waals surface area contributed by atoms with Crippen LogP contribution >= 0.6 is 27.5 Å². The first-order valence-corrected chi connectivity index (χ1v) is 8.41. The molecule has 0 saturated heterocycles. The van der Waals surface area contributed by atoms with Crippen molar-refractivity contribution in [3.8, 4) is 11.4 Å². The van der Waals surface area contributed by atoms with E-state index >= 15 is 0 Å². The van der Waals surface area contributed by atoms with E-state index in [0.717, 1.165) is 10.0 Å². The van der Waals surface area contributed by atoms with Gasteiger partial charge in [0.2, 0.25) is 17.6 Å². The molecule has 0 saturated carbocycles. The number of anilines is 1. The van der Waals surface area contributed by atoms with Gasteiger partial charge in [-0.05, 0) is 42.5 Å². The Kier molecular flexibility index (Phi) is 5.27. The number of rotatable bonds is 5. The normalized spacial score (nSPS) is 10.6. The van der Waals surface area contributed by atoms with Crippen LogP contribution in [0.3, 0.4) is 0 Å². The Hall–Kier alpha value is -2.18. The first-order valence-electron chi connectivity index (χ1n) is 7.24. The van der Waals surface area contributed by atoms with E-state index in [0.29, 0.717) is 28.8 Å². The molecule has 122 valence electrons. The lowest BCUT2D eigenvalue weighted by atomic mass is 10.2. The Bertz CT molecular complexity index is 849. The Morgan fingerprint density at radius 1 is 1.21 bits per heavy atom. The van der Waals surface area contributed by atoms with Crippen molar-refractivity contribution in [2.45, 2.75) is 12.8 Å². The number of aromatic nitrogens is 2. The summed E-state index contributed by atoms with van der Waals surface area (Å²) < 4.78 is 6.17. The summed E-state index contributed by atoms with van der Waals surface area (Å²) in [5, 5.41) is 7.29. The maximum absolute atomic E-state index is 12.0. The monoisotopic (exact) mass is 405 g/mol. The van der Waals surface area contributed by atoms with E-state index in [1.54, 1.807) is 24.3 Å². The maximum atomic E-state index is 12.0. The minimum Gasteiger partial charge on any atom is -0.339 e. The van der Waals surface area contributed by atoms with Gasteiger partial charge in [0.15, 0.2) is 0 Å². The van der Waals surface area contributed by atoms with Gasteiger partial charge in [0.05, 0.1) is 0 Å². The third-order valence-corrected chi connectivity index (χ3v) is 4.01. The predicted molar refractivity (Wildman–Crippen MR) is 95.8 cm³/mol. The average Bonchev–Trinajstić information content (AvgIpc) is 3.03. The number of benzene rings is 2. The van der Waals surface area contributed by atoms with Gasteiger partial charge in [-0.1, -0.05) is 38.8 Å². The number of amides is 1. The maximum Gasteiger partial charge on any atom is 0.227 e. The second-order valence-corrected chi connectivity index (χ2v) is 6.43. The summed E-state index contributed by atoms with van der Waals surface area (Å²) in [7, 11) is 0.